The monoisotopic (exact) mass is 467 g/mol. The molecule has 0 N–H and O–H groups in total. The van der Waals surface area contributed by atoms with Gasteiger partial charge in [-0.15, -0.1) is 11.8 Å². The van der Waals surface area contributed by atoms with Crippen LogP contribution in [0.2, 0.25) is 0 Å². The van der Waals surface area contributed by atoms with Crippen molar-refractivity contribution in [1.82, 2.24) is 14.0 Å². The van der Waals surface area contributed by atoms with E-state index in [-0.39, 0.29) is 16.9 Å². The van der Waals surface area contributed by atoms with Crippen LogP contribution in [0, 0.1) is 4.77 Å². The highest BCUT2D eigenvalue weighted by Crippen LogP contribution is 2.27. The molecule has 1 aliphatic rings. The number of aromatic nitrogens is 2. The molecule has 6 nitrogen and oxygen atoms in total. The third-order valence-corrected chi connectivity index (χ3v) is 6.76. The Kier molecular flexibility index (Phi) is 7.36. The van der Waals surface area contributed by atoms with Gasteiger partial charge in [-0.3, -0.25) is 23.6 Å². The molecular formula is C24H25N3O3S2. The number of ether oxygens (including phenoxy) is 1. The molecule has 1 fully saturated rings. The van der Waals surface area contributed by atoms with Crippen molar-refractivity contribution >= 4 is 29.8 Å². The number of ketones is 1. The first kappa shape index (κ1) is 22.7. The van der Waals surface area contributed by atoms with Crippen LogP contribution in [-0.4, -0.2) is 58.4 Å². The number of nitrogens with zero attached hydrogens (tertiary/aromatic N) is 3. The van der Waals surface area contributed by atoms with Gasteiger partial charge in [-0.25, -0.2) is 0 Å². The highest BCUT2D eigenvalue weighted by molar-refractivity contribution is 7.99. The second kappa shape index (κ2) is 10.4. The number of benzene rings is 2. The minimum absolute atomic E-state index is 0.165. The van der Waals surface area contributed by atoms with Crippen molar-refractivity contribution in [3.63, 3.8) is 0 Å². The van der Waals surface area contributed by atoms with Crippen molar-refractivity contribution in [3.8, 4) is 11.4 Å². The Labute approximate surface area is 196 Å². The van der Waals surface area contributed by atoms with Crippen molar-refractivity contribution in [2.75, 3.05) is 38.6 Å². The first-order valence-corrected chi connectivity index (χ1v) is 11.9. The van der Waals surface area contributed by atoms with Crippen molar-refractivity contribution < 1.29 is 9.53 Å². The van der Waals surface area contributed by atoms with Crippen molar-refractivity contribution in [1.29, 1.82) is 0 Å². The Balaban J connectivity index is 1.86. The smallest absolute Gasteiger partial charge is 0.270 e. The predicted molar refractivity (Wildman–Crippen MR) is 130 cm³/mol. The summed E-state index contributed by atoms with van der Waals surface area (Å²) >= 11 is 7.33. The maximum Gasteiger partial charge on any atom is 0.270 e. The fraction of sp³-hybridized carbons (Fsp3) is 0.292. The molecule has 2 heterocycles. The second-order valence-corrected chi connectivity index (χ2v) is 8.92. The van der Waals surface area contributed by atoms with E-state index in [0.29, 0.717) is 15.5 Å². The molecular weight excluding hydrogens is 442 g/mol. The zero-order chi connectivity index (χ0) is 22.5. The van der Waals surface area contributed by atoms with Gasteiger partial charge in [-0.05, 0) is 43.4 Å². The van der Waals surface area contributed by atoms with E-state index in [2.05, 4.69) is 4.90 Å². The van der Waals surface area contributed by atoms with Gasteiger partial charge in [0.05, 0.1) is 23.9 Å². The third-order valence-electron chi connectivity index (χ3n) is 5.35. The molecule has 0 bridgehead atoms. The van der Waals surface area contributed by atoms with Gasteiger partial charge in [-0.1, -0.05) is 36.4 Å². The summed E-state index contributed by atoms with van der Waals surface area (Å²) in [7, 11) is 0. The second-order valence-electron chi connectivity index (χ2n) is 7.47. The van der Waals surface area contributed by atoms with Gasteiger partial charge >= 0.3 is 0 Å². The number of carbonyl (C=O) groups excluding carboxylic acids is 1. The van der Waals surface area contributed by atoms with Gasteiger partial charge in [0.2, 0.25) is 0 Å². The number of hydrogen-bond acceptors (Lipinski definition) is 6. The van der Waals surface area contributed by atoms with Gasteiger partial charge in [0.25, 0.3) is 5.56 Å². The summed E-state index contributed by atoms with van der Waals surface area (Å²) in [5, 5.41) is 0.596. The Morgan fingerprint density at radius 2 is 1.53 bits per heavy atom. The largest absolute Gasteiger partial charge is 0.379 e. The van der Waals surface area contributed by atoms with E-state index >= 15 is 0 Å². The Bertz CT molecular complexity index is 1200. The standard InChI is InChI=1S/C24H25N3O3S2/c1-18(28)21-22(29)26(19-8-4-2-5-9-19)24(31)27(20-10-6-3-7-11-20)23(21)32-17-14-25-12-15-30-16-13-25/h2-11H,12-17H2,1H3. The summed E-state index contributed by atoms with van der Waals surface area (Å²) in [5.41, 5.74) is 1.24. The molecule has 32 heavy (non-hydrogen) atoms. The van der Waals surface area contributed by atoms with Gasteiger partial charge in [-0.2, -0.15) is 0 Å². The topological polar surface area (TPSA) is 56.5 Å². The van der Waals surface area contributed by atoms with Crippen LogP contribution in [0.3, 0.4) is 0 Å². The lowest BCUT2D eigenvalue weighted by atomic mass is 10.2. The summed E-state index contributed by atoms with van der Waals surface area (Å²) < 4.78 is 9.06. The summed E-state index contributed by atoms with van der Waals surface area (Å²) in [4.78, 5) is 28.6. The van der Waals surface area contributed by atoms with Crippen molar-refractivity contribution in [2.24, 2.45) is 0 Å². The molecule has 0 amide bonds. The van der Waals surface area contributed by atoms with Crippen LogP contribution in [0.4, 0.5) is 0 Å². The van der Waals surface area contributed by atoms with Crippen LogP contribution >= 0.6 is 24.0 Å². The molecule has 0 unspecified atom stereocenters. The van der Waals surface area contributed by atoms with E-state index in [1.54, 1.807) is 0 Å². The lowest BCUT2D eigenvalue weighted by Crippen LogP contribution is -2.37. The van der Waals surface area contributed by atoms with E-state index in [9.17, 15) is 9.59 Å². The first-order chi connectivity index (χ1) is 15.6. The van der Waals surface area contributed by atoms with E-state index in [1.165, 1.54) is 23.3 Å². The molecule has 0 spiro atoms. The summed E-state index contributed by atoms with van der Waals surface area (Å²) in [6.45, 7) is 5.53. The molecule has 4 rings (SSSR count). The summed E-state index contributed by atoms with van der Waals surface area (Å²) in [6, 6.07) is 18.9. The lowest BCUT2D eigenvalue weighted by molar-refractivity contribution is 0.0410. The predicted octanol–water partition coefficient (Wildman–Crippen LogP) is 3.98. The fourth-order valence-electron chi connectivity index (χ4n) is 3.73. The Morgan fingerprint density at radius 3 is 2.09 bits per heavy atom. The number of hydrogen-bond donors (Lipinski definition) is 0. The van der Waals surface area contributed by atoms with Gasteiger partial charge < -0.3 is 4.74 Å². The molecule has 166 valence electrons. The molecule has 0 atom stereocenters. The van der Waals surface area contributed by atoms with Crippen LogP contribution in [0.1, 0.15) is 17.3 Å². The number of morpholine rings is 1. The molecule has 0 aliphatic carbocycles. The maximum absolute atomic E-state index is 13.5. The normalized spacial score (nSPS) is 14.4. The summed E-state index contributed by atoms with van der Waals surface area (Å²) in [6.07, 6.45) is 0. The SMILES string of the molecule is CC(=O)c1c(SCCN2CCOCC2)n(-c2ccccc2)c(=S)n(-c2ccccc2)c1=O. The molecule has 3 aromatic rings. The number of rotatable bonds is 7. The molecule has 2 aromatic carbocycles. The molecule has 1 saturated heterocycles. The third kappa shape index (κ3) is 4.78. The maximum atomic E-state index is 13.5. The number of Topliss-reactive ketones (excluding diaryl/α,β-unsaturated/α-hetero) is 1. The van der Waals surface area contributed by atoms with Gasteiger partial charge in [0.1, 0.15) is 5.56 Å². The average molecular weight is 468 g/mol. The number of thioether (sulfide) groups is 1. The van der Waals surface area contributed by atoms with E-state index < -0.39 is 0 Å². The minimum atomic E-state index is -0.380. The van der Waals surface area contributed by atoms with Crippen LogP contribution in [0.25, 0.3) is 11.4 Å². The van der Waals surface area contributed by atoms with Crippen molar-refractivity contribution in [3.05, 3.63) is 81.4 Å². The van der Waals surface area contributed by atoms with Crippen LogP contribution in [0.5, 0.6) is 0 Å². The van der Waals surface area contributed by atoms with Gasteiger partial charge in [0, 0.05) is 31.1 Å². The fourth-order valence-corrected chi connectivity index (χ4v) is 5.41. The zero-order valence-electron chi connectivity index (χ0n) is 17.9. The van der Waals surface area contributed by atoms with Crippen molar-refractivity contribution in [2.45, 2.75) is 11.9 Å². The van der Waals surface area contributed by atoms with E-state index in [1.807, 2.05) is 65.2 Å². The average Bonchev–Trinajstić information content (AvgIpc) is 2.81. The lowest BCUT2D eigenvalue weighted by Gasteiger charge is -2.26. The van der Waals surface area contributed by atoms with E-state index in [4.69, 9.17) is 17.0 Å². The zero-order valence-corrected chi connectivity index (χ0v) is 19.5. The molecule has 8 heteroatoms. The Hall–Kier alpha value is -2.52. The van der Waals surface area contributed by atoms with E-state index in [0.717, 1.165) is 44.3 Å². The van der Waals surface area contributed by atoms with Crippen LogP contribution in [0.15, 0.2) is 70.5 Å². The minimum Gasteiger partial charge on any atom is -0.379 e. The highest BCUT2D eigenvalue weighted by atomic mass is 32.2. The first-order valence-electron chi connectivity index (χ1n) is 10.5. The summed E-state index contributed by atoms with van der Waals surface area (Å²) in [5.74, 6) is 0.463. The Morgan fingerprint density at radius 1 is 0.969 bits per heavy atom. The number of carbonyl (C=O) groups is 1. The van der Waals surface area contributed by atoms with Crippen LogP contribution < -0.4 is 5.56 Å². The molecule has 1 aromatic heterocycles. The quantitative estimate of drug-likeness (QED) is 0.227. The van der Waals surface area contributed by atoms with Gasteiger partial charge in [0.15, 0.2) is 10.6 Å². The number of para-hydroxylation sites is 2. The van der Waals surface area contributed by atoms with Crippen LogP contribution in [-0.2, 0) is 4.74 Å². The molecule has 0 saturated carbocycles. The highest BCUT2D eigenvalue weighted by Gasteiger charge is 2.23. The molecule has 0 radical (unpaired) electrons. The molecule has 1 aliphatic heterocycles.